The van der Waals surface area contributed by atoms with Crippen LogP contribution in [0.5, 0.6) is 0 Å². The lowest BCUT2D eigenvalue weighted by atomic mass is 9.72. The van der Waals surface area contributed by atoms with E-state index in [2.05, 4.69) is 18.7 Å². The summed E-state index contributed by atoms with van der Waals surface area (Å²) in [7, 11) is 0. The Kier molecular flexibility index (Phi) is 3.91. The molecule has 1 aliphatic heterocycles. The highest BCUT2D eigenvalue weighted by atomic mass is 15.2. The van der Waals surface area contributed by atoms with Crippen molar-refractivity contribution in [2.24, 2.45) is 17.1 Å². The standard InChI is InChI=1S/C14H28N2/c1-14(2)8-4-3-5-13(14)16-9-6-12(11-15)7-10-16/h12-13H,3-11,15H2,1-2H3. The van der Waals surface area contributed by atoms with Gasteiger partial charge in [0.05, 0.1) is 0 Å². The van der Waals surface area contributed by atoms with Crippen LogP contribution < -0.4 is 5.73 Å². The van der Waals surface area contributed by atoms with Crippen molar-refractivity contribution in [3.8, 4) is 0 Å². The molecule has 0 aromatic carbocycles. The predicted octanol–water partition coefficient (Wildman–Crippen LogP) is 2.63. The van der Waals surface area contributed by atoms with Crippen molar-refractivity contribution in [1.82, 2.24) is 4.90 Å². The first-order chi connectivity index (χ1) is 7.63. The molecular formula is C14H28N2. The molecule has 94 valence electrons. The molecule has 2 rings (SSSR count). The molecule has 16 heavy (non-hydrogen) atoms. The Morgan fingerprint density at radius 3 is 2.38 bits per heavy atom. The second kappa shape index (κ2) is 5.05. The number of rotatable bonds is 2. The topological polar surface area (TPSA) is 29.3 Å². The summed E-state index contributed by atoms with van der Waals surface area (Å²) >= 11 is 0. The lowest BCUT2D eigenvalue weighted by molar-refractivity contribution is 0.0260. The zero-order chi connectivity index (χ0) is 11.6. The molecule has 0 amide bonds. The molecule has 2 aliphatic rings. The summed E-state index contributed by atoms with van der Waals surface area (Å²) in [6.45, 7) is 8.39. The average Bonchev–Trinajstić information content (AvgIpc) is 2.29. The predicted molar refractivity (Wildman–Crippen MR) is 69.4 cm³/mol. The van der Waals surface area contributed by atoms with E-state index in [1.807, 2.05) is 0 Å². The van der Waals surface area contributed by atoms with Gasteiger partial charge in [0.25, 0.3) is 0 Å². The van der Waals surface area contributed by atoms with Gasteiger partial charge in [0, 0.05) is 6.04 Å². The van der Waals surface area contributed by atoms with Gasteiger partial charge < -0.3 is 5.73 Å². The smallest absolute Gasteiger partial charge is 0.0146 e. The Morgan fingerprint density at radius 1 is 1.12 bits per heavy atom. The lowest BCUT2D eigenvalue weighted by Gasteiger charge is -2.47. The summed E-state index contributed by atoms with van der Waals surface area (Å²) < 4.78 is 0. The van der Waals surface area contributed by atoms with E-state index in [1.165, 1.54) is 51.6 Å². The summed E-state index contributed by atoms with van der Waals surface area (Å²) in [4.78, 5) is 2.76. The highest BCUT2D eigenvalue weighted by Crippen LogP contribution is 2.39. The second-order valence-corrected chi connectivity index (χ2v) is 6.47. The van der Waals surface area contributed by atoms with E-state index in [4.69, 9.17) is 5.73 Å². The molecule has 0 aromatic rings. The lowest BCUT2D eigenvalue weighted by Crippen LogP contribution is -2.50. The molecule has 1 unspecified atom stereocenters. The van der Waals surface area contributed by atoms with Crippen LogP contribution in [0.4, 0.5) is 0 Å². The van der Waals surface area contributed by atoms with Gasteiger partial charge >= 0.3 is 0 Å². The van der Waals surface area contributed by atoms with Crippen LogP contribution in [0.2, 0.25) is 0 Å². The van der Waals surface area contributed by atoms with E-state index in [0.717, 1.165) is 18.5 Å². The van der Waals surface area contributed by atoms with Gasteiger partial charge in [-0.3, -0.25) is 4.90 Å². The maximum Gasteiger partial charge on any atom is 0.0146 e. The van der Waals surface area contributed by atoms with Crippen molar-refractivity contribution in [2.45, 2.75) is 58.4 Å². The van der Waals surface area contributed by atoms with Gasteiger partial charge in [0.15, 0.2) is 0 Å². The minimum Gasteiger partial charge on any atom is -0.330 e. The van der Waals surface area contributed by atoms with Crippen LogP contribution in [0.3, 0.4) is 0 Å². The second-order valence-electron chi connectivity index (χ2n) is 6.47. The van der Waals surface area contributed by atoms with Crippen LogP contribution in [0.1, 0.15) is 52.4 Å². The van der Waals surface area contributed by atoms with Gasteiger partial charge in [-0.15, -0.1) is 0 Å². The third kappa shape index (κ3) is 2.60. The summed E-state index contributed by atoms with van der Waals surface area (Å²) in [5, 5.41) is 0. The highest BCUT2D eigenvalue weighted by Gasteiger charge is 2.37. The van der Waals surface area contributed by atoms with Crippen LogP contribution in [0, 0.1) is 11.3 Å². The molecule has 2 nitrogen and oxygen atoms in total. The SMILES string of the molecule is CC1(C)CCCCC1N1CCC(CN)CC1. The van der Waals surface area contributed by atoms with Crippen LogP contribution in [-0.2, 0) is 0 Å². The fraction of sp³-hybridized carbons (Fsp3) is 1.00. The average molecular weight is 224 g/mol. The zero-order valence-corrected chi connectivity index (χ0v) is 11.0. The molecule has 1 aliphatic carbocycles. The van der Waals surface area contributed by atoms with Gasteiger partial charge in [0.2, 0.25) is 0 Å². The Labute approximate surface area is 101 Å². The maximum absolute atomic E-state index is 5.76. The number of piperidine rings is 1. The molecule has 1 saturated heterocycles. The van der Waals surface area contributed by atoms with Crippen molar-refractivity contribution in [2.75, 3.05) is 19.6 Å². The summed E-state index contributed by atoms with van der Waals surface area (Å²) in [5.41, 5.74) is 6.30. The number of hydrogen-bond donors (Lipinski definition) is 1. The number of nitrogens with zero attached hydrogens (tertiary/aromatic N) is 1. The first kappa shape index (κ1) is 12.4. The van der Waals surface area contributed by atoms with E-state index < -0.39 is 0 Å². The zero-order valence-electron chi connectivity index (χ0n) is 11.0. The normalized spacial score (nSPS) is 32.8. The number of nitrogens with two attached hydrogens (primary N) is 1. The van der Waals surface area contributed by atoms with Crippen molar-refractivity contribution in [1.29, 1.82) is 0 Å². The highest BCUT2D eigenvalue weighted by molar-refractivity contribution is 4.91. The Bertz CT molecular complexity index is 217. The fourth-order valence-corrected chi connectivity index (χ4v) is 3.65. The van der Waals surface area contributed by atoms with Gasteiger partial charge in [-0.25, -0.2) is 0 Å². The van der Waals surface area contributed by atoms with Crippen molar-refractivity contribution < 1.29 is 0 Å². The molecule has 2 fully saturated rings. The van der Waals surface area contributed by atoms with E-state index in [9.17, 15) is 0 Å². The molecule has 2 heteroatoms. The molecule has 0 spiro atoms. The van der Waals surface area contributed by atoms with E-state index in [1.54, 1.807) is 0 Å². The minimum absolute atomic E-state index is 0.536. The first-order valence-electron chi connectivity index (χ1n) is 7.07. The van der Waals surface area contributed by atoms with Crippen molar-refractivity contribution in [3.05, 3.63) is 0 Å². The van der Waals surface area contributed by atoms with Crippen LogP contribution >= 0.6 is 0 Å². The minimum atomic E-state index is 0.536. The van der Waals surface area contributed by atoms with Crippen molar-refractivity contribution in [3.63, 3.8) is 0 Å². The summed E-state index contributed by atoms with van der Waals surface area (Å²) in [6.07, 6.45) is 8.34. The van der Waals surface area contributed by atoms with Crippen LogP contribution in [0.15, 0.2) is 0 Å². The molecule has 0 bridgehead atoms. The molecule has 0 aromatic heterocycles. The Balaban J connectivity index is 1.92. The third-order valence-electron chi connectivity index (χ3n) is 4.87. The van der Waals surface area contributed by atoms with Crippen LogP contribution in [0.25, 0.3) is 0 Å². The van der Waals surface area contributed by atoms with E-state index in [-0.39, 0.29) is 0 Å². The largest absolute Gasteiger partial charge is 0.330 e. The maximum atomic E-state index is 5.76. The molecule has 1 atom stereocenters. The fourth-order valence-electron chi connectivity index (χ4n) is 3.65. The molecular weight excluding hydrogens is 196 g/mol. The third-order valence-corrected chi connectivity index (χ3v) is 4.87. The van der Waals surface area contributed by atoms with Gasteiger partial charge in [0.1, 0.15) is 0 Å². The van der Waals surface area contributed by atoms with E-state index >= 15 is 0 Å². The number of likely N-dealkylation sites (tertiary alicyclic amines) is 1. The molecule has 2 N–H and O–H groups in total. The molecule has 0 radical (unpaired) electrons. The Morgan fingerprint density at radius 2 is 1.81 bits per heavy atom. The number of hydrogen-bond acceptors (Lipinski definition) is 2. The van der Waals surface area contributed by atoms with Gasteiger partial charge in [-0.2, -0.15) is 0 Å². The van der Waals surface area contributed by atoms with Crippen molar-refractivity contribution >= 4 is 0 Å². The molecule has 1 heterocycles. The first-order valence-corrected chi connectivity index (χ1v) is 7.07. The monoisotopic (exact) mass is 224 g/mol. The van der Waals surface area contributed by atoms with Crippen LogP contribution in [-0.4, -0.2) is 30.6 Å². The quantitative estimate of drug-likeness (QED) is 0.781. The summed E-state index contributed by atoms with van der Waals surface area (Å²) in [6, 6.07) is 0.833. The van der Waals surface area contributed by atoms with E-state index in [0.29, 0.717) is 5.41 Å². The van der Waals surface area contributed by atoms with Gasteiger partial charge in [-0.1, -0.05) is 26.7 Å². The Hall–Kier alpha value is -0.0800. The summed E-state index contributed by atoms with van der Waals surface area (Å²) in [5.74, 6) is 0.794. The van der Waals surface area contributed by atoms with Gasteiger partial charge in [-0.05, 0) is 56.7 Å². The molecule has 1 saturated carbocycles.